The standard InChI is InChI=1S/C19H25N5O2.2C2HF3O2/c1-23-11-14(9-22-23)12-24-7-5-15-8-17(26-18(15)13-24)19(25)21-10-16-4-2-3-6-20-16;2*3-2(4,5)1(6)7/h2-4,6,9,11,15,17-18H,5,7-8,10,12-13H2,1H3,(H,21,25);2*(H,6,7)/t15-,17+,18+;;/m0../s1. The van der Waals surface area contributed by atoms with Crippen molar-refractivity contribution in [3.05, 3.63) is 48.0 Å². The summed E-state index contributed by atoms with van der Waals surface area (Å²) in [5, 5.41) is 21.4. The third-order valence-corrected chi connectivity index (χ3v) is 5.75. The van der Waals surface area contributed by atoms with Crippen molar-refractivity contribution in [2.24, 2.45) is 13.0 Å². The molecule has 0 unspecified atom stereocenters. The van der Waals surface area contributed by atoms with Crippen LogP contribution in [0, 0.1) is 5.92 Å². The van der Waals surface area contributed by atoms with Crippen LogP contribution in [0.5, 0.6) is 0 Å². The molecule has 0 saturated carbocycles. The zero-order valence-electron chi connectivity index (χ0n) is 21.0. The third-order valence-electron chi connectivity index (χ3n) is 5.75. The van der Waals surface area contributed by atoms with Crippen LogP contribution in [0.15, 0.2) is 36.8 Å². The van der Waals surface area contributed by atoms with E-state index in [1.54, 1.807) is 6.20 Å². The van der Waals surface area contributed by atoms with Gasteiger partial charge in [0, 0.05) is 38.1 Å². The molecule has 0 bridgehead atoms. The number of nitrogens with zero attached hydrogens (tertiary/aromatic N) is 4. The van der Waals surface area contributed by atoms with Crippen LogP contribution in [0.2, 0.25) is 0 Å². The number of aliphatic carboxylic acids is 2. The molecule has 2 saturated heterocycles. The molecule has 2 aliphatic rings. The number of carbonyl (C=O) groups is 3. The van der Waals surface area contributed by atoms with Crippen LogP contribution in [0.25, 0.3) is 0 Å². The molecule has 2 aromatic rings. The number of aromatic nitrogens is 3. The quantitative estimate of drug-likeness (QED) is 0.452. The van der Waals surface area contributed by atoms with Gasteiger partial charge in [0.2, 0.25) is 5.91 Å². The van der Waals surface area contributed by atoms with Crippen molar-refractivity contribution in [1.29, 1.82) is 0 Å². The van der Waals surface area contributed by atoms with Gasteiger partial charge in [0.15, 0.2) is 0 Å². The van der Waals surface area contributed by atoms with Crippen molar-refractivity contribution in [1.82, 2.24) is 25.0 Å². The summed E-state index contributed by atoms with van der Waals surface area (Å²) in [6.45, 7) is 3.25. The van der Waals surface area contributed by atoms with Crippen molar-refractivity contribution in [3.63, 3.8) is 0 Å². The summed E-state index contributed by atoms with van der Waals surface area (Å²) in [5.41, 5.74) is 2.08. The zero-order chi connectivity index (χ0) is 30.1. The second kappa shape index (κ2) is 14.1. The summed E-state index contributed by atoms with van der Waals surface area (Å²) in [6, 6.07) is 5.70. The third kappa shape index (κ3) is 10.8. The average Bonchev–Trinajstić information content (AvgIpc) is 3.48. The van der Waals surface area contributed by atoms with E-state index in [1.807, 2.05) is 36.1 Å². The van der Waals surface area contributed by atoms with Gasteiger partial charge in [-0.3, -0.25) is 19.4 Å². The number of fused-ring (bicyclic) bond motifs is 1. The van der Waals surface area contributed by atoms with E-state index in [4.69, 9.17) is 24.5 Å². The van der Waals surface area contributed by atoms with E-state index >= 15 is 0 Å². The minimum absolute atomic E-state index is 0.0242. The fourth-order valence-corrected chi connectivity index (χ4v) is 3.91. The normalized spacial score (nSPS) is 20.7. The average molecular weight is 583 g/mol. The summed E-state index contributed by atoms with van der Waals surface area (Å²) in [6.07, 6.45) is -2.77. The molecule has 2 fully saturated rings. The smallest absolute Gasteiger partial charge is 0.475 e. The van der Waals surface area contributed by atoms with E-state index in [2.05, 4.69) is 26.5 Å². The molecule has 11 nitrogen and oxygen atoms in total. The second-order valence-corrected chi connectivity index (χ2v) is 8.85. The van der Waals surface area contributed by atoms with Gasteiger partial charge in [-0.15, -0.1) is 0 Å². The van der Waals surface area contributed by atoms with Crippen molar-refractivity contribution < 1.29 is 55.7 Å². The number of alkyl halides is 6. The Morgan fingerprint density at radius 3 is 2.23 bits per heavy atom. The summed E-state index contributed by atoms with van der Waals surface area (Å²) in [4.78, 5) is 36.9. The lowest BCUT2D eigenvalue weighted by Gasteiger charge is -2.33. The number of hydrogen-bond donors (Lipinski definition) is 3. The molecule has 0 aliphatic carbocycles. The van der Waals surface area contributed by atoms with Crippen LogP contribution in [0.1, 0.15) is 24.1 Å². The van der Waals surface area contributed by atoms with Crippen LogP contribution in [0.4, 0.5) is 26.3 Å². The van der Waals surface area contributed by atoms with E-state index < -0.39 is 24.3 Å². The number of aryl methyl sites for hydroxylation is 1. The van der Waals surface area contributed by atoms with Gasteiger partial charge in [0.25, 0.3) is 0 Å². The van der Waals surface area contributed by atoms with Crippen molar-refractivity contribution in [3.8, 4) is 0 Å². The van der Waals surface area contributed by atoms with Crippen molar-refractivity contribution >= 4 is 17.8 Å². The number of pyridine rings is 1. The van der Waals surface area contributed by atoms with Gasteiger partial charge >= 0.3 is 24.3 Å². The van der Waals surface area contributed by atoms with Crippen LogP contribution < -0.4 is 5.32 Å². The molecule has 1 amide bonds. The van der Waals surface area contributed by atoms with Crippen LogP contribution in [0.3, 0.4) is 0 Å². The van der Waals surface area contributed by atoms with E-state index in [0.29, 0.717) is 12.5 Å². The Hall–Kier alpha value is -3.73. The van der Waals surface area contributed by atoms with E-state index in [0.717, 1.165) is 38.2 Å². The Morgan fingerprint density at radius 1 is 1.10 bits per heavy atom. The fourth-order valence-electron chi connectivity index (χ4n) is 3.91. The first-order valence-corrected chi connectivity index (χ1v) is 11.7. The van der Waals surface area contributed by atoms with Gasteiger partial charge in [-0.05, 0) is 37.4 Å². The molecule has 4 heterocycles. The molecule has 4 rings (SSSR count). The maximum absolute atomic E-state index is 12.4. The number of piperidine rings is 1. The largest absolute Gasteiger partial charge is 0.490 e. The maximum atomic E-state index is 12.4. The summed E-state index contributed by atoms with van der Waals surface area (Å²) in [5.74, 6) is -5.06. The van der Waals surface area contributed by atoms with Crippen LogP contribution in [-0.4, -0.2) is 85.4 Å². The van der Waals surface area contributed by atoms with Gasteiger partial charge in [-0.1, -0.05) is 6.07 Å². The first kappa shape index (κ1) is 32.5. The highest BCUT2D eigenvalue weighted by molar-refractivity contribution is 5.81. The lowest BCUT2D eigenvalue weighted by Crippen LogP contribution is -2.42. The van der Waals surface area contributed by atoms with Gasteiger partial charge in [0.05, 0.1) is 24.5 Å². The number of ether oxygens (including phenoxy) is 1. The lowest BCUT2D eigenvalue weighted by molar-refractivity contribution is -0.193. The fraction of sp³-hybridized carbons (Fsp3) is 0.522. The number of hydrogen-bond acceptors (Lipinski definition) is 7. The highest BCUT2D eigenvalue weighted by Crippen LogP contribution is 2.33. The number of likely N-dealkylation sites (tertiary alicyclic amines) is 1. The van der Waals surface area contributed by atoms with Gasteiger partial charge in [0.1, 0.15) is 6.10 Å². The molecule has 222 valence electrons. The van der Waals surface area contributed by atoms with E-state index in [-0.39, 0.29) is 18.1 Å². The van der Waals surface area contributed by atoms with Crippen molar-refractivity contribution in [2.75, 3.05) is 13.1 Å². The number of carboxylic acids is 2. The maximum Gasteiger partial charge on any atom is 0.490 e. The SMILES string of the molecule is Cn1cc(CN2CC[C@H]3C[C@H](C(=O)NCc4ccccn4)O[C@@H]3C2)cn1.O=C(O)C(F)(F)F.O=C(O)C(F)(F)F. The molecular formula is C23H27F6N5O6. The Balaban J connectivity index is 0.000000333. The summed E-state index contributed by atoms with van der Waals surface area (Å²) >= 11 is 0. The van der Waals surface area contributed by atoms with Crippen LogP contribution in [-0.2, 0) is 39.3 Å². The summed E-state index contributed by atoms with van der Waals surface area (Å²) in [7, 11) is 1.93. The monoisotopic (exact) mass is 583 g/mol. The van der Waals surface area contributed by atoms with Gasteiger partial charge < -0.3 is 20.3 Å². The molecular weight excluding hydrogens is 556 g/mol. The minimum atomic E-state index is -5.08. The molecule has 3 atom stereocenters. The Morgan fingerprint density at radius 2 is 1.73 bits per heavy atom. The molecule has 3 N–H and O–H groups in total. The molecule has 2 aromatic heterocycles. The summed E-state index contributed by atoms with van der Waals surface area (Å²) < 4.78 is 71.4. The molecule has 0 aromatic carbocycles. The number of amides is 1. The lowest BCUT2D eigenvalue weighted by atomic mass is 9.91. The number of halogens is 6. The first-order chi connectivity index (χ1) is 18.6. The number of nitrogens with one attached hydrogen (secondary N) is 1. The highest BCUT2D eigenvalue weighted by Gasteiger charge is 2.42. The second-order valence-electron chi connectivity index (χ2n) is 8.85. The predicted molar refractivity (Wildman–Crippen MR) is 123 cm³/mol. The van der Waals surface area contributed by atoms with Crippen molar-refractivity contribution in [2.45, 2.75) is 50.5 Å². The molecule has 40 heavy (non-hydrogen) atoms. The molecule has 0 radical (unpaired) electrons. The molecule has 2 aliphatic heterocycles. The number of carboxylic acid groups (broad SMARTS) is 2. The topological polar surface area (TPSA) is 147 Å². The van der Waals surface area contributed by atoms with Gasteiger partial charge in [-0.25, -0.2) is 9.59 Å². The Bertz CT molecular complexity index is 1100. The predicted octanol–water partition coefficient (Wildman–Crippen LogP) is 2.38. The number of rotatable bonds is 5. The minimum Gasteiger partial charge on any atom is -0.475 e. The molecule has 17 heteroatoms. The van der Waals surface area contributed by atoms with E-state index in [9.17, 15) is 31.1 Å². The Kier molecular flexibility index (Phi) is 11.4. The highest BCUT2D eigenvalue weighted by atomic mass is 19.4. The first-order valence-electron chi connectivity index (χ1n) is 11.7. The Labute approximate surface area is 223 Å². The zero-order valence-corrected chi connectivity index (χ0v) is 21.0. The van der Waals surface area contributed by atoms with Crippen LogP contribution >= 0.6 is 0 Å². The molecule has 0 spiro atoms. The van der Waals surface area contributed by atoms with E-state index in [1.165, 1.54) is 5.56 Å². The van der Waals surface area contributed by atoms with Gasteiger partial charge in [-0.2, -0.15) is 31.4 Å². The number of carbonyl (C=O) groups excluding carboxylic acids is 1.